The second-order valence-corrected chi connectivity index (χ2v) is 15.1. The van der Waals surface area contributed by atoms with Crippen LogP contribution >= 0.6 is 11.3 Å². The van der Waals surface area contributed by atoms with E-state index in [1.165, 1.54) is 42.4 Å². The molecular formula is C51H32N4S. The summed E-state index contributed by atoms with van der Waals surface area (Å²) in [5.41, 5.74) is 9.65. The quantitative estimate of drug-likeness (QED) is 0.171. The molecule has 0 aliphatic carbocycles. The van der Waals surface area contributed by atoms with E-state index >= 15 is 0 Å². The summed E-state index contributed by atoms with van der Waals surface area (Å²) in [6.45, 7) is 0. The molecule has 0 radical (unpaired) electrons. The maximum atomic E-state index is 5.26. The van der Waals surface area contributed by atoms with Crippen molar-refractivity contribution in [3.63, 3.8) is 0 Å². The van der Waals surface area contributed by atoms with Crippen molar-refractivity contribution in [2.75, 3.05) is 0 Å². The Morgan fingerprint density at radius 3 is 1.66 bits per heavy atom. The molecule has 11 rings (SSSR count). The van der Waals surface area contributed by atoms with E-state index in [4.69, 9.17) is 15.0 Å². The Labute approximate surface area is 327 Å². The average Bonchev–Trinajstić information content (AvgIpc) is 3.86. The lowest BCUT2D eigenvalue weighted by Gasteiger charge is -2.15. The molecule has 4 nitrogen and oxygen atoms in total. The second kappa shape index (κ2) is 13.3. The molecule has 262 valence electrons. The van der Waals surface area contributed by atoms with Crippen molar-refractivity contribution in [1.82, 2.24) is 19.5 Å². The molecule has 0 N–H and O–H groups in total. The van der Waals surface area contributed by atoms with Gasteiger partial charge in [0.2, 0.25) is 0 Å². The summed E-state index contributed by atoms with van der Waals surface area (Å²) in [7, 11) is 0. The molecule has 11 aromatic rings. The van der Waals surface area contributed by atoms with Gasteiger partial charge in [-0.2, -0.15) is 0 Å². The first-order valence-corrected chi connectivity index (χ1v) is 19.6. The van der Waals surface area contributed by atoms with Crippen LogP contribution in [0.3, 0.4) is 0 Å². The third-order valence-corrected chi connectivity index (χ3v) is 11.8. The highest BCUT2D eigenvalue weighted by atomic mass is 32.1. The van der Waals surface area contributed by atoms with Gasteiger partial charge in [-0.25, -0.2) is 15.0 Å². The number of para-hydroxylation sites is 3. The van der Waals surface area contributed by atoms with E-state index in [2.05, 4.69) is 199 Å². The Hall–Kier alpha value is -7.21. The van der Waals surface area contributed by atoms with E-state index in [1.54, 1.807) is 0 Å². The van der Waals surface area contributed by atoms with Crippen LogP contribution in [0.25, 0.3) is 104 Å². The molecule has 0 fully saturated rings. The van der Waals surface area contributed by atoms with E-state index < -0.39 is 0 Å². The number of aromatic nitrogens is 4. The van der Waals surface area contributed by atoms with Gasteiger partial charge in [-0.05, 0) is 81.4 Å². The summed E-state index contributed by atoms with van der Waals surface area (Å²) < 4.78 is 3.62. The number of fused-ring (bicyclic) bond motifs is 5. The molecule has 0 unspecified atom stereocenters. The lowest BCUT2D eigenvalue weighted by atomic mass is 10.00. The third kappa shape index (κ3) is 5.56. The van der Waals surface area contributed by atoms with Crippen LogP contribution in [0.4, 0.5) is 0 Å². The zero-order chi connectivity index (χ0) is 37.0. The topological polar surface area (TPSA) is 43.6 Å². The fraction of sp³-hybridized carbons (Fsp3) is 0. The SMILES string of the molecule is c1ccc(-c2ccc3cc(-c4nc(-c5ccc(-c6cc7ccccc7s6)cc5)nc(-c5ccccc5-n5c6ccccc6c6ccccc65)n4)ccc3c2)cc1. The summed E-state index contributed by atoms with van der Waals surface area (Å²) >= 11 is 1.81. The van der Waals surface area contributed by atoms with Gasteiger partial charge in [-0.15, -0.1) is 11.3 Å². The van der Waals surface area contributed by atoms with Crippen LogP contribution in [0.15, 0.2) is 194 Å². The van der Waals surface area contributed by atoms with Gasteiger partial charge in [0.25, 0.3) is 0 Å². The van der Waals surface area contributed by atoms with E-state index in [-0.39, 0.29) is 0 Å². The highest BCUT2D eigenvalue weighted by molar-refractivity contribution is 7.22. The summed E-state index contributed by atoms with van der Waals surface area (Å²) in [6, 6.07) is 68.7. The zero-order valence-electron chi connectivity index (χ0n) is 30.2. The fourth-order valence-electron chi connectivity index (χ4n) is 7.90. The Morgan fingerprint density at radius 2 is 0.911 bits per heavy atom. The van der Waals surface area contributed by atoms with Crippen molar-refractivity contribution in [2.24, 2.45) is 0 Å². The van der Waals surface area contributed by atoms with Crippen molar-refractivity contribution in [3.05, 3.63) is 194 Å². The highest BCUT2D eigenvalue weighted by Gasteiger charge is 2.19. The van der Waals surface area contributed by atoms with Crippen molar-refractivity contribution < 1.29 is 0 Å². The summed E-state index contributed by atoms with van der Waals surface area (Å²) in [6.07, 6.45) is 0. The number of hydrogen-bond acceptors (Lipinski definition) is 4. The van der Waals surface area contributed by atoms with Crippen LogP contribution in [-0.4, -0.2) is 19.5 Å². The minimum atomic E-state index is 0.621. The van der Waals surface area contributed by atoms with Crippen LogP contribution in [0.5, 0.6) is 0 Å². The van der Waals surface area contributed by atoms with Gasteiger partial charge in [-0.1, -0.05) is 146 Å². The van der Waals surface area contributed by atoms with Crippen LogP contribution in [-0.2, 0) is 0 Å². The largest absolute Gasteiger partial charge is 0.309 e. The first-order chi connectivity index (χ1) is 27.7. The first kappa shape index (κ1) is 32.2. The predicted octanol–water partition coefficient (Wildman–Crippen LogP) is 13.7. The van der Waals surface area contributed by atoms with Crippen LogP contribution in [0.2, 0.25) is 0 Å². The molecule has 0 amide bonds. The monoisotopic (exact) mass is 732 g/mol. The van der Waals surface area contributed by atoms with E-state index in [0.29, 0.717) is 17.5 Å². The van der Waals surface area contributed by atoms with Gasteiger partial charge in [0.15, 0.2) is 17.5 Å². The molecule has 0 aliphatic rings. The maximum absolute atomic E-state index is 5.26. The third-order valence-electron chi connectivity index (χ3n) is 10.7. The fourth-order valence-corrected chi connectivity index (χ4v) is 8.97. The summed E-state index contributed by atoms with van der Waals surface area (Å²) in [5.74, 6) is 1.88. The molecule has 5 heteroatoms. The van der Waals surface area contributed by atoms with Crippen LogP contribution < -0.4 is 0 Å². The van der Waals surface area contributed by atoms with Gasteiger partial charge in [0.1, 0.15) is 0 Å². The first-order valence-electron chi connectivity index (χ1n) is 18.8. The molecule has 0 aliphatic heterocycles. The minimum Gasteiger partial charge on any atom is -0.309 e. The molecule has 8 aromatic carbocycles. The Balaban J connectivity index is 1.08. The predicted molar refractivity (Wildman–Crippen MR) is 234 cm³/mol. The Morgan fingerprint density at radius 1 is 0.357 bits per heavy atom. The molecular weight excluding hydrogens is 701 g/mol. The normalized spacial score (nSPS) is 11.6. The van der Waals surface area contributed by atoms with Crippen molar-refractivity contribution in [1.29, 1.82) is 0 Å². The molecule has 0 bridgehead atoms. The Bertz CT molecular complexity index is 3160. The number of rotatable bonds is 6. The van der Waals surface area contributed by atoms with E-state index in [0.717, 1.165) is 44.2 Å². The van der Waals surface area contributed by atoms with Crippen LogP contribution in [0, 0.1) is 0 Å². The van der Waals surface area contributed by atoms with Crippen molar-refractivity contribution >= 4 is 54.0 Å². The molecule has 0 saturated carbocycles. The number of nitrogens with zero attached hydrogens (tertiary/aromatic N) is 4. The van der Waals surface area contributed by atoms with Crippen LogP contribution in [0.1, 0.15) is 0 Å². The Kier molecular flexibility index (Phi) is 7.64. The van der Waals surface area contributed by atoms with Gasteiger partial charge < -0.3 is 4.57 Å². The average molecular weight is 733 g/mol. The molecule has 3 aromatic heterocycles. The molecule has 3 heterocycles. The lowest BCUT2D eigenvalue weighted by molar-refractivity contribution is 1.06. The van der Waals surface area contributed by atoms with Gasteiger partial charge in [0, 0.05) is 37.0 Å². The second-order valence-electron chi connectivity index (χ2n) is 14.1. The molecule has 0 saturated heterocycles. The standard InChI is InChI=1S/C51H32N4S/c1-2-12-33(13-3-1)36-26-27-38-31-40(29-28-37(38)30-36)50-52-49(35-24-22-34(23-25-35)48-32-39-14-4-11-21-47(39)56-48)53-51(54-50)43-17-7-10-20-46(43)55-44-18-8-5-15-41(44)42-16-6-9-19-45(42)55/h1-32H. The summed E-state index contributed by atoms with van der Waals surface area (Å²) in [5, 5.41) is 5.97. The zero-order valence-corrected chi connectivity index (χ0v) is 31.0. The minimum absolute atomic E-state index is 0.621. The smallest absolute Gasteiger partial charge is 0.166 e. The number of hydrogen-bond donors (Lipinski definition) is 0. The van der Waals surface area contributed by atoms with Gasteiger partial charge in [0.05, 0.1) is 16.7 Å². The molecule has 56 heavy (non-hydrogen) atoms. The van der Waals surface area contributed by atoms with E-state index in [1.807, 2.05) is 11.3 Å². The molecule has 0 atom stereocenters. The molecule has 0 spiro atoms. The lowest BCUT2D eigenvalue weighted by Crippen LogP contribution is -2.03. The van der Waals surface area contributed by atoms with Crippen molar-refractivity contribution in [3.8, 4) is 61.4 Å². The van der Waals surface area contributed by atoms with Gasteiger partial charge in [-0.3, -0.25) is 0 Å². The number of thiophene rings is 1. The highest BCUT2D eigenvalue weighted by Crippen LogP contribution is 2.38. The summed E-state index contributed by atoms with van der Waals surface area (Å²) in [4.78, 5) is 16.9. The number of benzene rings is 8. The van der Waals surface area contributed by atoms with Crippen molar-refractivity contribution in [2.45, 2.75) is 0 Å². The van der Waals surface area contributed by atoms with E-state index in [9.17, 15) is 0 Å². The van der Waals surface area contributed by atoms with Gasteiger partial charge >= 0.3 is 0 Å². The maximum Gasteiger partial charge on any atom is 0.166 e.